The molecule has 4 nitrogen and oxygen atoms in total. The monoisotopic (exact) mass is 340 g/mol. The first-order chi connectivity index (χ1) is 12.0. The topological polar surface area (TPSA) is 55.8 Å². The molecule has 0 bridgehead atoms. The van der Waals surface area contributed by atoms with E-state index in [1.54, 1.807) is 7.11 Å². The first kappa shape index (κ1) is 17.5. The Labute approximate surface area is 148 Å². The summed E-state index contributed by atoms with van der Waals surface area (Å²) in [6.07, 6.45) is 2.12. The summed E-state index contributed by atoms with van der Waals surface area (Å²) in [5.41, 5.74) is 3.85. The molecule has 0 spiro atoms. The number of ether oxygens (including phenoxy) is 2. The fourth-order valence-electron chi connectivity index (χ4n) is 3.04. The van der Waals surface area contributed by atoms with Crippen LogP contribution in [0.5, 0.6) is 5.75 Å². The lowest BCUT2D eigenvalue weighted by Crippen LogP contribution is -2.18. The lowest BCUT2D eigenvalue weighted by molar-refractivity contribution is -0.143. The molecular formula is C21H24O4. The predicted molar refractivity (Wildman–Crippen MR) is 95.7 cm³/mol. The second-order valence-electron chi connectivity index (χ2n) is 6.88. The number of aliphatic carboxylic acids is 1. The van der Waals surface area contributed by atoms with Gasteiger partial charge in [0.1, 0.15) is 5.75 Å². The highest BCUT2D eigenvalue weighted by molar-refractivity contribution is 5.78. The van der Waals surface area contributed by atoms with Crippen LogP contribution in [0.3, 0.4) is 0 Å². The van der Waals surface area contributed by atoms with Gasteiger partial charge in [0.15, 0.2) is 0 Å². The van der Waals surface area contributed by atoms with Crippen molar-refractivity contribution in [1.29, 1.82) is 0 Å². The molecule has 1 aliphatic carbocycles. The summed E-state index contributed by atoms with van der Waals surface area (Å²) in [6.45, 7) is 3.04. The number of rotatable bonds is 8. The van der Waals surface area contributed by atoms with Crippen LogP contribution in [-0.2, 0) is 29.2 Å². The molecule has 1 saturated carbocycles. The smallest absolute Gasteiger partial charge is 0.309 e. The minimum Gasteiger partial charge on any atom is -0.497 e. The van der Waals surface area contributed by atoms with Crippen molar-refractivity contribution in [2.45, 2.75) is 39.4 Å². The van der Waals surface area contributed by atoms with Crippen molar-refractivity contribution in [3.05, 3.63) is 64.7 Å². The van der Waals surface area contributed by atoms with E-state index in [-0.39, 0.29) is 0 Å². The second kappa shape index (κ2) is 7.28. The highest BCUT2D eigenvalue weighted by Crippen LogP contribution is 2.49. The zero-order valence-electron chi connectivity index (χ0n) is 14.7. The van der Waals surface area contributed by atoms with Crippen LogP contribution in [0.4, 0.5) is 0 Å². The molecule has 2 aromatic rings. The van der Waals surface area contributed by atoms with Gasteiger partial charge < -0.3 is 14.6 Å². The first-order valence-corrected chi connectivity index (χ1v) is 8.55. The Hall–Kier alpha value is -2.33. The maximum Gasteiger partial charge on any atom is 0.309 e. The van der Waals surface area contributed by atoms with Gasteiger partial charge in [-0.1, -0.05) is 35.9 Å². The zero-order valence-corrected chi connectivity index (χ0v) is 14.7. The van der Waals surface area contributed by atoms with Crippen LogP contribution in [0.1, 0.15) is 35.1 Å². The molecule has 1 N–H and O–H groups in total. The average Bonchev–Trinajstić information content (AvgIpc) is 3.39. The average molecular weight is 340 g/mol. The van der Waals surface area contributed by atoms with Crippen LogP contribution in [0.25, 0.3) is 0 Å². The Bertz CT molecular complexity index is 745. The number of hydrogen-bond donors (Lipinski definition) is 1. The molecule has 0 aromatic heterocycles. The molecule has 0 heterocycles. The van der Waals surface area contributed by atoms with Crippen molar-refractivity contribution in [1.82, 2.24) is 0 Å². The largest absolute Gasteiger partial charge is 0.497 e. The molecule has 1 fully saturated rings. The molecule has 3 rings (SSSR count). The van der Waals surface area contributed by atoms with Gasteiger partial charge in [-0.2, -0.15) is 0 Å². The van der Waals surface area contributed by atoms with E-state index < -0.39 is 11.4 Å². The third kappa shape index (κ3) is 4.20. The van der Waals surface area contributed by atoms with Gasteiger partial charge in [0.2, 0.25) is 0 Å². The molecule has 2 aromatic carbocycles. The molecule has 132 valence electrons. The summed E-state index contributed by atoms with van der Waals surface area (Å²) in [5, 5.41) is 9.44. The molecule has 1 aliphatic rings. The van der Waals surface area contributed by atoms with Gasteiger partial charge >= 0.3 is 5.97 Å². The third-order valence-corrected chi connectivity index (χ3v) is 4.88. The van der Waals surface area contributed by atoms with Crippen LogP contribution < -0.4 is 4.74 Å². The number of carbonyl (C=O) groups is 1. The van der Waals surface area contributed by atoms with Crippen LogP contribution >= 0.6 is 0 Å². The molecule has 0 radical (unpaired) electrons. The molecule has 0 aliphatic heterocycles. The van der Waals surface area contributed by atoms with E-state index >= 15 is 0 Å². The van der Waals surface area contributed by atoms with Gasteiger partial charge in [-0.25, -0.2) is 0 Å². The molecule has 0 atom stereocenters. The van der Waals surface area contributed by atoms with E-state index in [2.05, 4.69) is 6.07 Å². The van der Waals surface area contributed by atoms with E-state index in [1.165, 1.54) is 0 Å². The van der Waals surface area contributed by atoms with Gasteiger partial charge in [0, 0.05) is 0 Å². The molecule has 4 heteroatoms. The van der Waals surface area contributed by atoms with Gasteiger partial charge in [0.25, 0.3) is 0 Å². The summed E-state index contributed by atoms with van der Waals surface area (Å²) in [5.74, 6) is 0.145. The van der Waals surface area contributed by atoms with Crippen molar-refractivity contribution in [3.8, 4) is 5.75 Å². The minimum atomic E-state index is -0.682. The van der Waals surface area contributed by atoms with Crippen LogP contribution in [0.2, 0.25) is 0 Å². The highest BCUT2D eigenvalue weighted by atomic mass is 16.5. The first-order valence-electron chi connectivity index (χ1n) is 8.55. The summed E-state index contributed by atoms with van der Waals surface area (Å²) in [6, 6.07) is 14.0. The van der Waals surface area contributed by atoms with E-state index in [0.29, 0.717) is 19.6 Å². The second-order valence-corrected chi connectivity index (χ2v) is 6.88. The Kier molecular flexibility index (Phi) is 5.09. The van der Waals surface area contributed by atoms with Gasteiger partial charge in [-0.05, 0) is 55.0 Å². The number of carboxylic acids is 1. The SMILES string of the molecule is COc1ccc(COCc2cc(C)ccc2CC2(C(=O)O)CC2)cc1. The fraction of sp³-hybridized carbons (Fsp3) is 0.381. The van der Waals surface area contributed by atoms with Crippen molar-refractivity contribution < 1.29 is 19.4 Å². The number of methoxy groups -OCH3 is 1. The Balaban J connectivity index is 1.64. The summed E-state index contributed by atoms with van der Waals surface area (Å²) in [7, 11) is 1.65. The number of carboxylic acid groups (broad SMARTS) is 1. The number of benzene rings is 2. The highest BCUT2D eigenvalue weighted by Gasteiger charge is 2.50. The maximum absolute atomic E-state index is 11.5. The summed E-state index contributed by atoms with van der Waals surface area (Å²) < 4.78 is 11.0. The third-order valence-electron chi connectivity index (χ3n) is 4.88. The lowest BCUT2D eigenvalue weighted by atomic mass is 9.92. The van der Waals surface area contributed by atoms with Crippen LogP contribution in [0.15, 0.2) is 42.5 Å². The van der Waals surface area contributed by atoms with Gasteiger partial charge in [0.05, 0.1) is 25.7 Å². The standard InChI is InChI=1S/C21H24O4/c1-15-3-6-17(12-21(9-10-21)20(22)23)18(11-15)14-25-13-16-4-7-19(24-2)8-5-16/h3-8,11H,9-10,12-14H2,1-2H3,(H,22,23). The van der Waals surface area contributed by atoms with Crippen molar-refractivity contribution in [3.63, 3.8) is 0 Å². The van der Waals surface area contributed by atoms with Crippen molar-refractivity contribution in [2.24, 2.45) is 5.41 Å². The van der Waals surface area contributed by atoms with E-state index in [9.17, 15) is 9.90 Å². The Morgan fingerprint density at radius 3 is 2.40 bits per heavy atom. The fourth-order valence-corrected chi connectivity index (χ4v) is 3.04. The summed E-state index contributed by atoms with van der Waals surface area (Å²) >= 11 is 0. The molecule has 0 amide bonds. The van der Waals surface area contributed by atoms with Gasteiger partial charge in [-0.3, -0.25) is 4.79 Å². The minimum absolute atomic E-state index is 0.485. The normalized spacial score (nSPS) is 15.0. The molecule has 25 heavy (non-hydrogen) atoms. The van der Waals surface area contributed by atoms with Crippen molar-refractivity contribution >= 4 is 5.97 Å². The van der Waals surface area contributed by atoms with Crippen LogP contribution in [-0.4, -0.2) is 18.2 Å². The van der Waals surface area contributed by atoms with Gasteiger partial charge in [-0.15, -0.1) is 0 Å². The quantitative estimate of drug-likeness (QED) is 0.785. The Morgan fingerprint density at radius 2 is 1.80 bits per heavy atom. The molecular weight excluding hydrogens is 316 g/mol. The summed E-state index contributed by atoms with van der Waals surface area (Å²) in [4.78, 5) is 11.5. The van der Waals surface area contributed by atoms with E-state index in [0.717, 1.165) is 40.8 Å². The van der Waals surface area contributed by atoms with Crippen LogP contribution in [0, 0.1) is 12.3 Å². The zero-order chi connectivity index (χ0) is 17.9. The van der Waals surface area contributed by atoms with Crippen molar-refractivity contribution in [2.75, 3.05) is 7.11 Å². The number of hydrogen-bond acceptors (Lipinski definition) is 3. The van der Waals surface area contributed by atoms with E-state index in [4.69, 9.17) is 9.47 Å². The Morgan fingerprint density at radius 1 is 1.08 bits per heavy atom. The number of aryl methyl sites for hydroxylation is 1. The molecule has 0 unspecified atom stereocenters. The maximum atomic E-state index is 11.5. The lowest BCUT2D eigenvalue weighted by Gasteiger charge is -2.15. The predicted octanol–water partition coefficient (Wildman–Crippen LogP) is 4.13. The molecule has 0 saturated heterocycles. The van der Waals surface area contributed by atoms with E-state index in [1.807, 2.05) is 43.3 Å².